The second kappa shape index (κ2) is 4.70. The fourth-order valence-corrected chi connectivity index (χ4v) is 3.51. The summed E-state index contributed by atoms with van der Waals surface area (Å²) < 4.78 is 7.40. The van der Waals surface area contributed by atoms with Crippen molar-refractivity contribution in [2.45, 2.75) is 64.5 Å². The minimum absolute atomic E-state index is 0.128. The van der Waals surface area contributed by atoms with Crippen LogP contribution in [0.5, 0.6) is 0 Å². The van der Waals surface area contributed by atoms with Crippen LogP contribution in [-0.4, -0.2) is 25.6 Å². The van der Waals surface area contributed by atoms with Crippen molar-refractivity contribution in [2.24, 2.45) is 0 Å². The molecule has 1 aliphatic carbocycles. The van der Waals surface area contributed by atoms with Gasteiger partial charge in [0.1, 0.15) is 0 Å². The molecular weight excluding hydrogens is 331 g/mol. The summed E-state index contributed by atoms with van der Waals surface area (Å²) in [5, 5.41) is 10.0. The van der Waals surface area contributed by atoms with Crippen LogP contribution in [-0.2, 0) is 4.43 Å². The maximum absolute atomic E-state index is 9.81. The van der Waals surface area contributed by atoms with Crippen molar-refractivity contribution in [3.05, 3.63) is 9.15 Å². The van der Waals surface area contributed by atoms with Crippen LogP contribution in [0.15, 0.2) is 9.15 Å². The van der Waals surface area contributed by atoms with E-state index in [9.17, 15) is 5.11 Å². The van der Waals surface area contributed by atoms with Crippen LogP contribution >= 0.6 is 22.6 Å². The summed E-state index contributed by atoms with van der Waals surface area (Å²) in [5.74, 6) is 0. The van der Waals surface area contributed by atoms with Gasteiger partial charge in [0.25, 0.3) is 0 Å². The van der Waals surface area contributed by atoms with Crippen LogP contribution < -0.4 is 0 Å². The molecule has 0 heterocycles. The van der Waals surface area contributed by atoms with E-state index in [1.54, 1.807) is 0 Å². The zero-order valence-corrected chi connectivity index (χ0v) is 14.3. The molecule has 0 spiro atoms. The van der Waals surface area contributed by atoms with Crippen LogP contribution in [0.25, 0.3) is 0 Å². The Morgan fingerprint density at radius 3 is 2.19 bits per heavy atom. The summed E-state index contributed by atoms with van der Waals surface area (Å²) in [4.78, 5) is 0. The van der Waals surface area contributed by atoms with E-state index in [4.69, 9.17) is 4.43 Å². The lowest BCUT2D eigenvalue weighted by Crippen LogP contribution is -2.44. The van der Waals surface area contributed by atoms with Gasteiger partial charge in [0.05, 0.1) is 12.2 Å². The van der Waals surface area contributed by atoms with Crippen molar-refractivity contribution in [3.63, 3.8) is 0 Å². The highest BCUT2D eigenvalue weighted by Crippen LogP contribution is 2.41. The molecule has 16 heavy (non-hydrogen) atoms. The molecule has 0 aromatic heterocycles. The Labute approximate surface area is 114 Å². The standard InChI is InChI=1S/C12H23IO2Si/c1-8-10(7-9(14)11(8)13)15-16(5,6)12(2,3)4/h9-10,14H,7H2,1-6H3/t9-,10-/m1/s1. The van der Waals surface area contributed by atoms with Gasteiger partial charge in [0, 0.05) is 10.0 Å². The normalized spacial score (nSPS) is 27.8. The summed E-state index contributed by atoms with van der Waals surface area (Å²) in [6, 6.07) is 0. The molecule has 0 aliphatic heterocycles. The molecule has 94 valence electrons. The average molecular weight is 354 g/mol. The first kappa shape index (κ1) is 14.7. The Kier molecular flexibility index (Phi) is 4.31. The molecule has 0 amide bonds. The number of halogens is 1. The predicted octanol–water partition coefficient (Wildman–Crippen LogP) is 3.85. The molecule has 1 aliphatic rings. The van der Waals surface area contributed by atoms with Crippen LogP contribution in [0.4, 0.5) is 0 Å². The highest BCUT2D eigenvalue weighted by Gasteiger charge is 2.41. The van der Waals surface area contributed by atoms with Crippen molar-refractivity contribution in [1.29, 1.82) is 0 Å². The van der Waals surface area contributed by atoms with E-state index in [0.29, 0.717) is 0 Å². The molecule has 0 radical (unpaired) electrons. The van der Waals surface area contributed by atoms with Gasteiger partial charge in [0.15, 0.2) is 8.32 Å². The van der Waals surface area contributed by atoms with Crippen molar-refractivity contribution in [1.82, 2.24) is 0 Å². The number of hydrogen-bond donors (Lipinski definition) is 1. The molecule has 0 fully saturated rings. The van der Waals surface area contributed by atoms with Crippen LogP contribution in [0.2, 0.25) is 18.1 Å². The summed E-state index contributed by atoms with van der Waals surface area (Å²) in [6.07, 6.45) is 0.550. The minimum Gasteiger partial charge on any atom is -0.410 e. The quantitative estimate of drug-likeness (QED) is 0.603. The van der Waals surface area contributed by atoms with Gasteiger partial charge in [-0.2, -0.15) is 0 Å². The molecule has 0 aromatic carbocycles. The SMILES string of the molecule is CC1=C(I)[C@H](O)C[C@H]1O[Si](C)(C)C(C)(C)C. The van der Waals surface area contributed by atoms with Crippen molar-refractivity contribution in [2.75, 3.05) is 0 Å². The van der Waals surface area contributed by atoms with Gasteiger partial charge in [-0.25, -0.2) is 0 Å². The number of aliphatic hydroxyl groups is 1. The molecule has 2 atom stereocenters. The average Bonchev–Trinajstić information content (AvgIpc) is 2.31. The maximum atomic E-state index is 9.81. The fourth-order valence-electron chi connectivity index (χ4n) is 1.57. The molecule has 0 aromatic rings. The largest absolute Gasteiger partial charge is 0.410 e. The Bertz CT molecular complexity index is 305. The van der Waals surface area contributed by atoms with Gasteiger partial charge >= 0.3 is 0 Å². The summed E-state index contributed by atoms with van der Waals surface area (Å²) in [7, 11) is -1.72. The van der Waals surface area contributed by atoms with Crippen molar-refractivity contribution in [3.8, 4) is 0 Å². The number of aliphatic hydroxyl groups excluding tert-OH is 1. The fraction of sp³-hybridized carbons (Fsp3) is 0.833. The van der Waals surface area contributed by atoms with Crippen LogP contribution in [0, 0.1) is 0 Å². The third-order valence-electron chi connectivity index (χ3n) is 3.83. The number of rotatable bonds is 2. The lowest BCUT2D eigenvalue weighted by Gasteiger charge is -2.38. The van der Waals surface area contributed by atoms with Crippen LogP contribution in [0.3, 0.4) is 0 Å². The minimum atomic E-state index is -1.72. The molecule has 0 saturated carbocycles. The molecule has 0 unspecified atom stereocenters. The summed E-state index contributed by atoms with van der Waals surface area (Å²) >= 11 is 2.24. The first-order chi connectivity index (χ1) is 7.06. The number of hydrogen-bond acceptors (Lipinski definition) is 2. The van der Waals surface area contributed by atoms with Gasteiger partial charge < -0.3 is 9.53 Å². The maximum Gasteiger partial charge on any atom is 0.192 e. The van der Waals surface area contributed by atoms with Crippen molar-refractivity contribution >= 4 is 30.9 Å². The zero-order chi connectivity index (χ0) is 12.7. The molecule has 0 bridgehead atoms. The lowest BCUT2D eigenvalue weighted by molar-refractivity contribution is 0.151. The predicted molar refractivity (Wildman–Crippen MR) is 79.4 cm³/mol. The zero-order valence-electron chi connectivity index (χ0n) is 11.1. The van der Waals surface area contributed by atoms with E-state index in [-0.39, 0.29) is 17.2 Å². The second-order valence-corrected chi connectivity index (χ2v) is 12.1. The first-order valence-corrected chi connectivity index (χ1v) is 9.77. The molecule has 1 rings (SSSR count). The highest BCUT2D eigenvalue weighted by atomic mass is 127. The van der Waals surface area contributed by atoms with Gasteiger partial charge in [0.2, 0.25) is 0 Å². The topological polar surface area (TPSA) is 29.5 Å². The Morgan fingerprint density at radius 1 is 1.38 bits per heavy atom. The van der Waals surface area contributed by atoms with E-state index in [2.05, 4.69) is 63.4 Å². The van der Waals surface area contributed by atoms with E-state index >= 15 is 0 Å². The Morgan fingerprint density at radius 2 is 1.88 bits per heavy atom. The summed E-state index contributed by atoms with van der Waals surface area (Å²) in [6.45, 7) is 13.3. The lowest BCUT2D eigenvalue weighted by atomic mass is 10.2. The van der Waals surface area contributed by atoms with E-state index < -0.39 is 8.32 Å². The van der Waals surface area contributed by atoms with Gasteiger partial charge in [-0.05, 0) is 53.2 Å². The first-order valence-electron chi connectivity index (χ1n) is 5.78. The van der Waals surface area contributed by atoms with Gasteiger partial charge in [-0.3, -0.25) is 0 Å². The third-order valence-corrected chi connectivity index (χ3v) is 9.89. The molecule has 2 nitrogen and oxygen atoms in total. The smallest absolute Gasteiger partial charge is 0.192 e. The molecule has 0 saturated heterocycles. The van der Waals surface area contributed by atoms with E-state index in [1.165, 1.54) is 5.57 Å². The van der Waals surface area contributed by atoms with E-state index in [0.717, 1.165) is 10.0 Å². The second-order valence-electron chi connectivity index (χ2n) is 6.15. The molecular formula is C12H23IO2Si. The third kappa shape index (κ3) is 2.89. The van der Waals surface area contributed by atoms with E-state index in [1.807, 2.05) is 0 Å². The highest BCUT2D eigenvalue weighted by molar-refractivity contribution is 14.1. The Balaban J connectivity index is 2.78. The van der Waals surface area contributed by atoms with Crippen LogP contribution in [0.1, 0.15) is 34.1 Å². The Hall–Kier alpha value is 0.607. The molecule has 1 N–H and O–H groups in total. The monoisotopic (exact) mass is 354 g/mol. The van der Waals surface area contributed by atoms with Gasteiger partial charge in [-0.15, -0.1) is 0 Å². The van der Waals surface area contributed by atoms with Crippen molar-refractivity contribution < 1.29 is 9.53 Å². The molecule has 4 heteroatoms. The summed E-state index contributed by atoms with van der Waals surface area (Å²) in [5.41, 5.74) is 1.22. The van der Waals surface area contributed by atoms with Gasteiger partial charge in [-0.1, -0.05) is 20.8 Å².